The first-order valence-electron chi connectivity index (χ1n) is 10.2. The second kappa shape index (κ2) is 8.10. The second-order valence-electron chi connectivity index (χ2n) is 7.56. The second-order valence-corrected chi connectivity index (χ2v) is 7.56. The van der Waals surface area contributed by atoms with Crippen LogP contribution in [0.4, 0.5) is 0 Å². The maximum absolute atomic E-state index is 13.0. The number of aromatic nitrogens is 3. The molecule has 4 aromatic rings. The fourth-order valence-corrected chi connectivity index (χ4v) is 3.92. The highest BCUT2D eigenvalue weighted by atomic mass is 16.7. The van der Waals surface area contributed by atoms with Gasteiger partial charge in [-0.1, -0.05) is 36.4 Å². The Morgan fingerprint density at radius 3 is 2.77 bits per heavy atom. The average molecular weight is 414 g/mol. The van der Waals surface area contributed by atoms with Crippen molar-refractivity contribution in [3.05, 3.63) is 83.7 Å². The monoisotopic (exact) mass is 414 g/mol. The summed E-state index contributed by atoms with van der Waals surface area (Å²) in [7, 11) is 1.87. The molecule has 1 aliphatic rings. The molecule has 2 aromatic heterocycles. The molecule has 31 heavy (non-hydrogen) atoms. The lowest BCUT2D eigenvalue weighted by molar-refractivity contribution is -0.121. The molecule has 0 radical (unpaired) electrons. The van der Waals surface area contributed by atoms with Crippen molar-refractivity contribution in [2.45, 2.75) is 18.9 Å². The predicted molar refractivity (Wildman–Crippen MR) is 116 cm³/mol. The Morgan fingerprint density at radius 2 is 1.90 bits per heavy atom. The summed E-state index contributed by atoms with van der Waals surface area (Å²) < 4.78 is 12.5. The Morgan fingerprint density at radius 1 is 1.06 bits per heavy atom. The van der Waals surface area contributed by atoms with Crippen LogP contribution in [0.1, 0.15) is 22.9 Å². The molecule has 0 saturated heterocycles. The normalized spacial score (nSPS) is 13.3. The van der Waals surface area contributed by atoms with Gasteiger partial charge in [-0.05, 0) is 41.8 Å². The van der Waals surface area contributed by atoms with Gasteiger partial charge >= 0.3 is 0 Å². The average Bonchev–Trinajstić information content (AvgIpc) is 3.38. The van der Waals surface area contributed by atoms with Crippen molar-refractivity contribution in [1.29, 1.82) is 0 Å². The number of hydrogen-bond acceptors (Lipinski definition) is 5. The molecule has 7 heteroatoms. The first-order chi connectivity index (χ1) is 15.2. The Kier molecular flexibility index (Phi) is 5.00. The van der Waals surface area contributed by atoms with E-state index in [2.05, 4.69) is 22.4 Å². The van der Waals surface area contributed by atoms with Crippen LogP contribution in [0, 0.1) is 0 Å². The summed E-state index contributed by atoms with van der Waals surface area (Å²) in [4.78, 5) is 17.4. The van der Waals surface area contributed by atoms with E-state index in [1.807, 2.05) is 55.6 Å². The molecule has 2 aromatic carbocycles. The Balaban J connectivity index is 1.42. The zero-order chi connectivity index (χ0) is 21.2. The van der Waals surface area contributed by atoms with Gasteiger partial charge in [0, 0.05) is 18.6 Å². The number of rotatable bonds is 6. The van der Waals surface area contributed by atoms with E-state index in [-0.39, 0.29) is 25.2 Å². The first kappa shape index (κ1) is 19.1. The van der Waals surface area contributed by atoms with Crippen LogP contribution in [0.25, 0.3) is 11.0 Å². The molecule has 0 aliphatic carbocycles. The van der Waals surface area contributed by atoms with Crippen LogP contribution in [0.3, 0.4) is 0 Å². The number of carbonyl (C=O) groups is 1. The lowest BCUT2D eigenvalue weighted by Crippen LogP contribution is -2.31. The highest BCUT2D eigenvalue weighted by Gasteiger charge is 2.23. The third-order valence-corrected chi connectivity index (χ3v) is 5.38. The number of aryl methyl sites for hydroxylation is 1. The van der Waals surface area contributed by atoms with Crippen LogP contribution < -0.4 is 14.8 Å². The van der Waals surface area contributed by atoms with Crippen LogP contribution in [-0.2, 0) is 24.7 Å². The summed E-state index contributed by atoms with van der Waals surface area (Å²) in [5, 5.41) is 8.82. The topological polar surface area (TPSA) is 78.3 Å². The minimum atomic E-state index is -0.281. The number of carbonyl (C=O) groups excluding carboxylic acids is 1. The van der Waals surface area contributed by atoms with Crippen molar-refractivity contribution in [2.24, 2.45) is 7.05 Å². The van der Waals surface area contributed by atoms with Gasteiger partial charge in [0.25, 0.3) is 0 Å². The van der Waals surface area contributed by atoms with Crippen LogP contribution in [-0.4, -0.2) is 27.5 Å². The highest BCUT2D eigenvalue weighted by molar-refractivity contribution is 5.82. The van der Waals surface area contributed by atoms with Crippen molar-refractivity contribution in [3.63, 3.8) is 0 Å². The quantitative estimate of drug-likeness (QED) is 0.524. The smallest absolute Gasteiger partial charge is 0.231 e. The van der Waals surface area contributed by atoms with E-state index in [4.69, 9.17) is 14.6 Å². The molecule has 1 N–H and O–H groups in total. The third-order valence-electron chi connectivity index (χ3n) is 5.38. The molecule has 7 nitrogen and oxygen atoms in total. The minimum Gasteiger partial charge on any atom is -0.454 e. The van der Waals surface area contributed by atoms with E-state index in [9.17, 15) is 4.79 Å². The Labute approximate surface area is 179 Å². The molecule has 0 bridgehead atoms. The lowest BCUT2D eigenvalue weighted by Gasteiger charge is -2.18. The zero-order valence-electron chi connectivity index (χ0n) is 17.1. The van der Waals surface area contributed by atoms with Gasteiger partial charge in [0.2, 0.25) is 12.7 Å². The van der Waals surface area contributed by atoms with Gasteiger partial charge in [-0.15, -0.1) is 0 Å². The molecule has 0 unspecified atom stereocenters. The van der Waals surface area contributed by atoms with E-state index in [0.29, 0.717) is 17.9 Å². The number of fused-ring (bicyclic) bond motifs is 2. The summed E-state index contributed by atoms with van der Waals surface area (Å²) in [6.45, 7) is 0.213. The highest BCUT2D eigenvalue weighted by Crippen LogP contribution is 2.32. The number of hydrogen-bond donors (Lipinski definition) is 1. The SMILES string of the molecule is Cn1nc([C@H](Cc2ccccc2)NC(=O)Cc2ccc3c(c2)OCO3)c2cccnc21. The molecule has 3 heterocycles. The molecular formula is C24H22N4O3. The van der Waals surface area contributed by atoms with E-state index >= 15 is 0 Å². The van der Waals surface area contributed by atoms with Crippen LogP contribution in [0.5, 0.6) is 11.5 Å². The van der Waals surface area contributed by atoms with Crippen LogP contribution >= 0.6 is 0 Å². The molecule has 1 atom stereocenters. The molecule has 1 aliphatic heterocycles. The molecule has 156 valence electrons. The van der Waals surface area contributed by atoms with Crippen LogP contribution in [0.2, 0.25) is 0 Å². The fourth-order valence-electron chi connectivity index (χ4n) is 3.92. The molecular weight excluding hydrogens is 392 g/mol. The molecule has 1 amide bonds. The standard InChI is InChI=1S/C24H22N4O3/c1-28-24-18(8-5-11-25-24)23(27-28)19(12-16-6-3-2-4-7-16)26-22(29)14-17-9-10-20-21(13-17)31-15-30-20/h2-11,13,19H,12,14-15H2,1H3,(H,26,29)/t19-/m0/s1. The maximum Gasteiger partial charge on any atom is 0.231 e. The number of nitrogens with one attached hydrogen (secondary N) is 1. The van der Waals surface area contributed by atoms with Crippen molar-refractivity contribution >= 4 is 16.9 Å². The molecule has 5 rings (SSSR count). The van der Waals surface area contributed by atoms with Gasteiger partial charge in [0.15, 0.2) is 17.1 Å². The van der Waals surface area contributed by atoms with Crippen molar-refractivity contribution < 1.29 is 14.3 Å². The summed E-state index contributed by atoms with van der Waals surface area (Å²) in [5.41, 5.74) is 3.60. The van der Waals surface area contributed by atoms with Gasteiger partial charge in [0.05, 0.1) is 18.2 Å². The van der Waals surface area contributed by atoms with E-state index < -0.39 is 0 Å². The number of ether oxygens (including phenoxy) is 2. The summed E-state index contributed by atoms with van der Waals surface area (Å²) in [6, 6.07) is 19.3. The number of benzene rings is 2. The Hall–Kier alpha value is -3.87. The Bertz CT molecular complexity index is 1240. The third kappa shape index (κ3) is 3.94. The molecule has 0 spiro atoms. The molecule has 0 fully saturated rings. The van der Waals surface area contributed by atoms with Crippen LogP contribution in [0.15, 0.2) is 66.9 Å². The maximum atomic E-state index is 13.0. The van der Waals surface area contributed by atoms with Gasteiger partial charge in [-0.25, -0.2) is 4.98 Å². The number of nitrogens with zero attached hydrogens (tertiary/aromatic N) is 3. The van der Waals surface area contributed by atoms with Crippen molar-refractivity contribution in [3.8, 4) is 11.5 Å². The van der Waals surface area contributed by atoms with E-state index in [1.54, 1.807) is 10.9 Å². The number of pyridine rings is 1. The largest absolute Gasteiger partial charge is 0.454 e. The number of amides is 1. The van der Waals surface area contributed by atoms with E-state index in [1.165, 1.54) is 0 Å². The first-order valence-corrected chi connectivity index (χ1v) is 10.2. The van der Waals surface area contributed by atoms with Gasteiger partial charge in [-0.3, -0.25) is 9.48 Å². The lowest BCUT2D eigenvalue weighted by atomic mass is 10.0. The minimum absolute atomic E-state index is 0.0810. The molecule has 0 saturated carbocycles. The zero-order valence-corrected chi connectivity index (χ0v) is 17.1. The van der Waals surface area contributed by atoms with Gasteiger partial charge < -0.3 is 14.8 Å². The van der Waals surface area contributed by atoms with E-state index in [0.717, 1.165) is 27.9 Å². The van der Waals surface area contributed by atoms with Crippen molar-refractivity contribution in [2.75, 3.05) is 6.79 Å². The predicted octanol–water partition coefficient (Wildman–Crippen LogP) is 3.34. The van der Waals surface area contributed by atoms with Gasteiger partial charge in [0.1, 0.15) is 0 Å². The van der Waals surface area contributed by atoms with Crippen molar-refractivity contribution in [1.82, 2.24) is 20.1 Å². The fraction of sp³-hybridized carbons (Fsp3) is 0.208. The summed E-state index contributed by atoms with van der Waals surface area (Å²) >= 11 is 0. The summed E-state index contributed by atoms with van der Waals surface area (Å²) in [6.07, 6.45) is 2.62. The summed E-state index contributed by atoms with van der Waals surface area (Å²) in [5.74, 6) is 1.30. The van der Waals surface area contributed by atoms with Gasteiger partial charge in [-0.2, -0.15) is 5.10 Å².